The van der Waals surface area contributed by atoms with E-state index < -0.39 is 5.91 Å². The molecule has 0 atom stereocenters. The minimum Gasteiger partial charge on any atom is -0.455 e. The van der Waals surface area contributed by atoms with Gasteiger partial charge in [-0.15, -0.1) is 0 Å². The van der Waals surface area contributed by atoms with Crippen molar-refractivity contribution in [2.75, 3.05) is 13.1 Å². The first-order valence-corrected chi connectivity index (χ1v) is 10.0. The van der Waals surface area contributed by atoms with E-state index in [4.69, 9.17) is 14.9 Å². The molecule has 0 aliphatic heterocycles. The monoisotopic (exact) mass is 467 g/mol. The number of rotatable bonds is 5. The van der Waals surface area contributed by atoms with Gasteiger partial charge in [0, 0.05) is 22.0 Å². The highest BCUT2D eigenvalue weighted by atomic mass is 79.9. The lowest BCUT2D eigenvalue weighted by Crippen LogP contribution is -2.32. The number of amides is 2. The SMILES string of the molecule is Cc1c(C(=O)N(CC#N)CC#N)oc2c1/C(=N/NC(=O)c1ccccc1Br)CCC2. The van der Waals surface area contributed by atoms with E-state index in [1.54, 1.807) is 25.1 Å². The Bertz CT molecular complexity index is 1090. The molecule has 152 valence electrons. The molecular weight excluding hydrogens is 450 g/mol. The fraction of sp³-hybridized carbons (Fsp3) is 0.286. The van der Waals surface area contributed by atoms with Gasteiger partial charge in [-0.3, -0.25) is 9.59 Å². The van der Waals surface area contributed by atoms with Crippen molar-refractivity contribution in [1.29, 1.82) is 10.5 Å². The van der Waals surface area contributed by atoms with Gasteiger partial charge in [-0.05, 0) is 47.8 Å². The summed E-state index contributed by atoms with van der Waals surface area (Å²) in [6, 6.07) is 10.8. The fourth-order valence-corrected chi connectivity index (χ4v) is 3.79. The van der Waals surface area contributed by atoms with Crippen molar-refractivity contribution in [3.8, 4) is 12.1 Å². The van der Waals surface area contributed by atoms with Gasteiger partial charge in [0.1, 0.15) is 18.8 Å². The highest BCUT2D eigenvalue weighted by Gasteiger charge is 2.30. The number of carbonyl (C=O) groups is 2. The smallest absolute Gasteiger partial charge is 0.291 e. The van der Waals surface area contributed by atoms with Crippen molar-refractivity contribution in [3.63, 3.8) is 0 Å². The summed E-state index contributed by atoms with van der Waals surface area (Å²) in [7, 11) is 0. The van der Waals surface area contributed by atoms with Crippen molar-refractivity contribution < 1.29 is 14.0 Å². The second-order valence-electron chi connectivity index (χ2n) is 6.66. The van der Waals surface area contributed by atoms with E-state index in [1.165, 1.54) is 0 Å². The van der Waals surface area contributed by atoms with Gasteiger partial charge in [0.25, 0.3) is 11.8 Å². The molecule has 0 bridgehead atoms. The van der Waals surface area contributed by atoms with Crippen LogP contribution in [0.1, 0.15) is 50.6 Å². The molecule has 3 rings (SSSR count). The van der Waals surface area contributed by atoms with Gasteiger partial charge >= 0.3 is 0 Å². The number of nitrogens with zero attached hydrogens (tertiary/aromatic N) is 4. The first-order valence-electron chi connectivity index (χ1n) is 9.25. The third kappa shape index (κ3) is 4.27. The van der Waals surface area contributed by atoms with Crippen LogP contribution in [0.15, 0.2) is 38.3 Å². The molecule has 0 unspecified atom stereocenters. The molecule has 0 fully saturated rings. The topological polar surface area (TPSA) is 122 Å². The number of hydrazone groups is 1. The van der Waals surface area contributed by atoms with Crippen molar-refractivity contribution in [1.82, 2.24) is 10.3 Å². The average molecular weight is 468 g/mol. The summed E-state index contributed by atoms with van der Waals surface area (Å²) in [5.41, 5.74) is 4.95. The zero-order chi connectivity index (χ0) is 21.7. The zero-order valence-electron chi connectivity index (χ0n) is 16.2. The molecule has 0 spiro atoms. The molecule has 0 saturated heterocycles. The van der Waals surface area contributed by atoms with Crippen molar-refractivity contribution in [2.24, 2.45) is 5.10 Å². The third-order valence-corrected chi connectivity index (χ3v) is 5.43. The molecule has 8 nitrogen and oxygen atoms in total. The second kappa shape index (κ2) is 9.38. The highest BCUT2D eigenvalue weighted by Crippen LogP contribution is 2.30. The summed E-state index contributed by atoms with van der Waals surface area (Å²) in [6.45, 7) is 1.32. The van der Waals surface area contributed by atoms with Crippen LogP contribution in [-0.4, -0.2) is 35.5 Å². The van der Waals surface area contributed by atoms with Crippen LogP contribution < -0.4 is 5.43 Å². The van der Waals surface area contributed by atoms with Gasteiger partial charge in [-0.1, -0.05) is 12.1 Å². The van der Waals surface area contributed by atoms with Crippen LogP contribution in [0.5, 0.6) is 0 Å². The van der Waals surface area contributed by atoms with Crippen LogP contribution in [0.25, 0.3) is 0 Å². The van der Waals surface area contributed by atoms with Crippen molar-refractivity contribution in [3.05, 3.63) is 56.9 Å². The van der Waals surface area contributed by atoms with E-state index in [-0.39, 0.29) is 24.8 Å². The quantitative estimate of drug-likeness (QED) is 0.533. The molecule has 1 aromatic carbocycles. The molecule has 2 aromatic rings. The number of fused-ring (bicyclic) bond motifs is 1. The predicted octanol–water partition coefficient (Wildman–Crippen LogP) is 3.31. The van der Waals surface area contributed by atoms with E-state index >= 15 is 0 Å². The summed E-state index contributed by atoms with van der Waals surface area (Å²) in [5, 5.41) is 22.1. The van der Waals surface area contributed by atoms with E-state index in [2.05, 4.69) is 26.5 Å². The lowest BCUT2D eigenvalue weighted by molar-refractivity contribution is 0.0760. The Hall–Kier alpha value is -3.43. The number of nitrogens with one attached hydrogen (secondary N) is 1. The van der Waals surface area contributed by atoms with Gasteiger partial charge in [0.15, 0.2) is 5.76 Å². The Labute approximate surface area is 181 Å². The van der Waals surface area contributed by atoms with E-state index in [9.17, 15) is 9.59 Å². The van der Waals surface area contributed by atoms with E-state index in [0.29, 0.717) is 45.5 Å². The Balaban J connectivity index is 1.89. The summed E-state index contributed by atoms with van der Waals surface area (Å²) in [4.78, 5) is 26.4. The molecule has 2 amide bonds. The second-order valence-corrected chi connectivity index (χ2v) is 7.52. The number of furan rings is 1. The van der Waals surface area contributed by atoms with Crippen LogP contribution in [0, 0.1) is 29.6 Å². The predicted molar refractivity (Wildman–Crippen MR) is 112 cm³/mol. The van der Waals surface area contributed by atoms with Gasteiger partial charge in [0.2, 0.25) is 0 Å². The maximum absolute atomic E-state index is 12.8. The number of carbonyl (C=O) groups excluding carboxylic acids is 2. The van der Waals surface area contributed by atoms with Gasteiger partial charge in [-0.2, -0.15) is 15.6 Å². The number of hydrogen-bond donors (Lipinski definition) is 1. The van der Waals surface area contributed by atoms with Crippen LogP contribution in [0.4, 0.5) is 0 Å². The molecule has 1 aliphatic carbocycles. The lowest BCUT2D eigenvalue weighted by atomic mass is 9.93. The lowest BCUT2D eigenvalue weighted by Gasteiger charge is -2.14. The van der Waals surface area contributed by atoms with Crippen molar-refractivity contribution >= 4 is 33.5 Å². The number of halogens is 1. The number of benzene rings is 1. The molecule has 1 heterocycles. The standard InChI is InChI=1S/C21H18BrN5O3/c1-13-18-16(25-26-20(28)14-5-2-3-6-15(14)22)7-4-8-17(18)30-19(13)21(29)27(11-9-23)12-10-24/h2-3,5-6H,4,7-8,11-12H2,1H3,(H,26,28)/b25-16+. The largest absolute Gasteiger partial charge is 0.455 e. The summed E-state index contributed by atoms with van der Waals surface area (Å²) in [5.74, 6) is -0.155. The summed E-state index contributed by atoms with van der Waals surface area (Å²) >= 11 is 3.35. The molecule has 1 N–H and O–H groups in total. The molecular formula is C21H18BrN5O3. The van der Waals surface area contributed by atoms with Crippen molar-refractivity contribution in [2.45, 2.75) is 26.2 Å². The molecule has 1 aliphatic rings. The van der Waals surface area contributed by atoms with Crippen LogP contribution in [0.2, 0.25) is 0 Å². The Morgan fingerprint density at radius 1 is 1.23 bits per heavy atom. The van der Waals surface area contributed by atoms with Gasteiger partial charge in [0.05, 0.1) is 23.4 Å². The third-order valence-electron chi connectivity index (χ3n) is 4.74. The molecule has 1 aromatic heterocycles. The fourth-order valence-electron chi connectivity index (χ4n) is 3.32. The van der Waals surface area contributed by atoms with E-state index in [1.807, 2.05) is 18.2 Å². The normalized spacial score (nSPS) is 13.8. The Morgan fingerprint density at radius 3 is 2.60 bits per heavy atom. The zero-order valence-corrected chi connectivity index (χ0v) is 17.8. The van der Waals surface area contributed by atoms with Gasteiger partial charge in [-0.25, -0.2) is 5.43 Å². The van der Waals surface area contributed by atoms with Gasteiger partial charge < -0.3 is 9.32 Å². The first-order chi connectivity index (χ1) is 14.5. The minimum absolute atomic E-state index is 0.0947. The first kappa shape index (κ1) is 21.3. The minimum atomic E-state index is -0.512. The average Bonchev–Trinajstić information content (AvgIpc) is 3.09. The summed E-state index contributed by atoms with van der Waals surface area (Å²) < 4.78 is 6.46. The Kier molecular flexibility index (Phi) is 6.65. The maximum atomic E-state index is 12.8. The van der Waals surface area contributed by atoms with E-state index in [0.717, 1.165) is 11.3 Å². The number of aryl methyl sites for hydroxylation is 1. The maximum Gasteiger partial charge on any atom is 0.291 e. The molecule has 0 saturated carbocycles. The molecule has 9 heteroatoms. The Morgan fingerprint density at radius 2 is 1.93 bits per heavy atom. The highest BCUT2D eigenvalue weighted by molar-refractivity contribution is 9.10. The van der Waals surface area contributed by atoms with Crippen LogP contribution >= 0.6 is 15.9 Å². The number of hydrogen-bond acceptors (Lipinski definition) is 6. The number of nitriles is 2. The molecule has 0 radical (unpaired) electrons. The summed E-state index contributed by atoms with van der Waals surface area (Å²) in [6.07, 6.45) is 2.02. The van der Waals surface area contributed by atoms with Crippen LogP contribution in [0.3, 0.4) is 0 Å². The van der Waals surface area contributed by atoms with Crippen LogP contribution in [-0.2, 0) is 6.42 Å². The molecule has 30 heavy (non-hydrogen) atoms.